The van der Waals surface area contributed by atoms with E-state index in [-0.39, 0.29) is 0 Å². The molecule has 0 saturated carbocycles. The number of benzene rings is 1. The number of aromatic nitrogens is 2. The van der Waals surface area contributed by atoms with Gasteiger partial charge < -0.3 is 14.5 Å². The minimum atomic E-state index is 0.862. The molecule has 19 heavy (non-hydrogen) atoms. The van der Waals surface area contributed by atoms with Crippen molar-refractivity contribution in [3.05, 3.63) is 39.9 Å². The van der Waals surface area contributed by atoms with Crippen molar-refractivity contribution >= 4 is 15.9 Å². The largest absolute Gasteiger partial charge is 0.496 e. The summed E-state index contributed by atoms with van der Waals surface area (Å²) in [5, 5.41) is 0. The van der Waals surface area contributed by atoms with Gasteiger partial charge in [0.05, 0.1) is 20.5 Å². The number of methoxy groups -OCH3 is 2. The second kappa shape index (κ2) is 6.10. The van der Waals surface area contributed by atoms with Crippen LogP contribution in [0.25, 0.3) is 0 Å². The van der Waals surface area contributed by atoms with Crippen LogP contribution in [-0.2, 0) is 12.8 Å². The molecule has 102 valence electrons. The third kappa shape index (κ3) is 3.10. The van der Waals surface area contributed by atoms with Gasteiger partial charge in [-0.15, -0.1) is 0 Å². The summed E-state index contributed by atoms with van der Waals surface area (Å²) in [7, 11) is 3.38. The molecule has 0 aliphatic rings. The Morgan fingerprint density at radius 3 is 2.47 bits per heavy atom. The van der Waals surface area contributed by atoms with Crippen LogP contribution in [0, 0.1) is 6.92 Å². The monoisotopic (exact) mass is 324 g/mol. The highest BCUT2D eigenvalue weighted by Crippen LogP contribution is 2.29. The van der Waals surface area contributed by atoms with Gasteiger partial charge in [-0.1, -0.05) is 0 Å². The van der Waals surface area contributed by atoms with E-state index >= 15 is 0 Å². The van der Waals surface area contributed by atoms with Gasteiger partial charge in [0, 0.05) is 5.69 Å². The molecule has 0 radical (unpaired) electrons. The van der Waals surface area contributed by atoms with Gasteiger partial charge in [0.2, 0.25) is 0 Å². The van der Waals surface area contributed by atoms with Crippen LogP contribution in [0.4, 0.5) is 0 Å². The predicted octanol–water partition coefficient (Wildman–Crippen LogP) is 3.28. The van der Waals surface area contributed by atoms with Crippen molar-refractivity contribution in [2.45, 2.75) is 19.8 Å². The van der Waals surface area contributed by atoms with E-state index in [1.807, 2.05) is 19.1 Å². The summed E-state index contributed by atoms with van der Waals surface area (Å²) in [6.45, 7) is 2.01. The lowest BCUT2D eigenvalue weighted by molar-refractivity contribution is 0.396. The van der Waals surface area contributed by atoms with Crippen LogP contribution in [0.5, 0.6) is 11.5 Å². The predicted molar refractivity (Wildman–Crippen MR) is 78.0 cm³/mol. The molecule has 2 rings (SSSR count). The Hall–Kier alpha value is -1.49. The summed E-state index contributed by atoms with van der Waals surface area (Å²) in [6, 6.07) is 4.05. The van der Waals surface area contributed by atoms with Gasteiger partial charge in [-0.3, -0.25) is 0 Å². The second-order valence-electron chi connectivity index (χ2n) is 4.31. The zero-order chi connectivity index (χ0) is 13.8. The molecule has 2 aromatic rings. The van der Waals surface area contributed by atoms with Crippen LogP contribution in [0.3, 0.4) is 0 Å². The number of hydrogen-bond acceptors (Lipinski definition) is 3. The van der Waals surface area contributed by atoms with Crippen LogP contribution < -0.4 is 9.47 Å². The molecule has 0 unspecified atom stereocenters. The molecule has 1 aromatic carbocycles. The molecular weight excluding hydrogens is 308 g/mol. The maximum absolute atomic E-state index is 5.43. The van der Waals surface area contributed by atoms with Crippen molar-refractivity contribution in [3.63, 3.8) is 0 Å². The molecule has 1 heterocycles. The number of rotatable bonds is 5. The first-order valence-electron chi connectivity index (χ1n) is 6.05. The maximum Gasteiger partial charge on any atom is 0.127 e. The summed E-state index contributed by atoms with van der Waals surface area (Å²) >= 11 is 3.42. The highest BCUT2D eigenvalue weighted by atomic mass is 79.9. The minimum Gasteiger partial charge on any atom is -0.496 e. The molecule has 4 nitrogen and oxygen atoms in total. The smallest absolute Gasteiger partial charge is 0.127 e. The van der Waals surface area contributed by atoms with E-state index in [9.17, 15) is 0 Å². The summed E-state index contributed by atoms with van der Waals surface area (Å²) in [4.78, 5) is 7.25. The van der Waals surface area contributed by atoms with E-state index in [1.165, 1.54) is 0 Å². The van der Waals surface area contributed by atoms with E-state index in [0.717, 1.165) is 45.8 Å². The van der Waals surface area contributed by atoms with Crippen LogP contribution in [0.15, 0.2) is 23.1 Å². The van der Waals surface area contributed by atoms with E-state index in [1.54, 1.807) is 20.5 Å². The van der Waals surface area contributed by atoms with Crippen molar-refractivity contribution < 1.29 is 9.47 Å². The fourth-order valence-corrected chi connectivity index (χ4v) is 2.46. The number of aryl methyl sites for hydroxylation is 3. The topological polar surface area (TPSA) is 47.1 Å². The van der Waals surface area contributed by atoms with E-state index in [4.69, 9.17) is 9.47 Å². The minimum absolute atomic E-state index is 0.862. The van der Waals surface area contributed by atoms with Crippen LogP contribution >= 0.6 is 15.9 Å². The lowest BCUT2D eigenvalue weighted by atomic mass is 10.0. The van der Waals surface area contributed by atoms with Gasteiger partial charge in [0.1, 0.15) is 16.1 Å². The van der Waals surface area contributed by atoms with Crippen molar-refractivity contribution in [1.82, 2.24) is 9.97 Å². The van der Waals surface area contributed by atoms with Gasteiger partial charge in [-0.25, -0.2) is 4.98 Å². The average molecular weight is 325 g/mol. The first-order chi connectivity index (χ1) is 9.15. The third-order valence-corrected chi connectivity index (χ3v) is 3.79. The Bertz CT molecular complexity index is 567. The Kier molecular flexibility index (Phi) is 4.47. The Morgan fingerprint density at radius 1 is 1.16 bits per heavy atom. The van der Waals surface area contributed by atoms with Gasteiger partial charge in [-0.2, -0.15) is 0 Å². The lowest BCUT2D eigenvalue weighted by Crippen LogP contribution is -1.99. The maximum atomic E-state index is 5.43. The number of nitrogens with zero attached hydrogens (tertiary/aromatic N) is 1. The Balaban J connectivity index is 2.21. The van der Waals surface area contributed by atoms with E-state index in [2.05, 4.69) is 25.9 Å². The van der Waals surface area contributed by atoms with Crippen LogP contribution in [-0.4, -0.2) is 24.2 Å². The zero-order valence-corrected chi connectivity index (χ0v) is 12.9. The summed E-state index contributed by atoms with van der Waals surface area (Å²) in [6.07, 6.45) is 3.41. The normalized spacial score (nSPS) is 10.5. The van der Waals surface area contributed by atoms with Gasteiger partial charge in [-0.05, 0) is 59.0 Å². The highest BCUT2D eigenvalue weighted by molar-refractivity contribution is 9.10. The van der Waals surface area contributed by atoms with Crippen molar-refractivity contribution in [2.24, 2.45) is 0 Å². The number of ether oxygens (including phenoxy) is 2. The molecule has 0 aliphatic carbocycles. The standard InChI is InChI=1S/C14H17BrN2O2/c1-9-6-13(19-3)10(7-12(9)18-2)4-5-11-14(15)17-8-16-11/h6-8H,4-5H2,1-3H3,(H,16,17). The number of H-pyrrole nitrogens is 1. The third-order valence-electron chi connectivity index (χ3n) is 3.11. The highest BCUT2D eigenvalue weighted by Gasteiger charge is 2.10. The van der Waals surface area contributed by atoms with Crippen molar-refractivity contribution in [1.29, 1.82) is 0 Å². The number of hydrogen-bond donors (Lipinski definition) is 1. The van der Waals surface area contributed by atoms with Gasteiger partial charge in [0.15, 0.2) is 0 Å². The molecule has 5 heteroatoms. The molecule has 1 aromatic heterocycles. The second-order valence-corrected chi connectivity index (χ2v) is 5.06. The van der Waals surface area contributed by atoms with Crippen LogP contribution in [0.1, 0.15) is 16.8 Å². The zero-order valence-electron chi connectivity index (χ0n) is 11.3. The molecule has 0 spiro atoms. The first-order valence-corrected chi connectivity index (χ1v) is 6.84. The van der Waals surface area contributed by atoms with Gasteiger partial charge in [0.25, 0.3) is 0 Å². The summed E-state index contributed by atoms with van der Waals surface area (Å²) < 4.78 is 11.7. The molecule has 0 aliphatic heterocycles. The number of nitrogens with one attached hydrogen (secondary N) is 1. The first kappa shape index (κ1) is 13.9. The lowest BCUT2D eigenvalue weighted by Gasteiger charge is -2.12. The van der Waals surface area contributed by atoms with Crippen molar-refractivity contribution in [3.8, 4) is 11.5 Å². The Labute approximate surface area is 121 Å². The molecule has 0 atom stereocenters. The fraction of sp³-hybridized carbons (Fsp3) is 0.357. The molecule has 0 bridgehead atoms. The fourth-order valence-electron chi connectivity index (χ4n) is 2.05. The van der Waals surface area contributed by atoms with E-state index in [0.29, 0.717) is 0 Å². The van der Waals surface area contributed by atoms with Gasteiger partial charge >= 0.3 is 0 Å². The molecule has 0 fully saturated rings. The molecular formula is C14H17BrN2O2. The number of imidazole rings is 1. The average Bonchev–Trinajstić information content (AvgIpc) is 2.82. The molecule has 0 saturated heterocycles. The van der Waals surface area contributed by atoms with Crippen molar-refractivity contribution in [2.75, 3.05) is 14.2 Å². The summed E-state index contributed by atoms with van der Waals surface area (Å²) in [5.74, 6) is 1.79. The SMILES string of the molecule is COc1cc(CCc2[nH]cnc2Br)c(OC)cc1C. The quantitative estimate of drug-likeness (QED) is 0.918. The van der Waals surface area contributed by atoms with Crippen LogP contribution in [0.2, 0.25) is 0 Å². The molecule has 0 amide bonds. The Morgan fingerprint density at radius 2 is 1.89 bits per heavy atom. The van der Waals surface area contributed by atoms with E-state index < -0.39 is 0 Å². The number of halogens is 1. The number of aromatic amines is 1. The molecule has 1 N–H and O–H groups in total. The summed E-state index contributed by atoms with van der Waals surface area (Å²) in [5.41, 5.74) is 3.29.